The zero-order valence-corrected chi connectivity index (χ0v) is 13.4. The molecule has 0 aromatic rings. The molecule has 1 unspecified atom stereocenters. The number of rotatable bonds is 0. The molecule has 1 atom stereocenters. The second kappa shape index (κ2) is 3.20. The molecule has 12 nitrogen and oxygen atoms in total. The van der Waals surface area contributed by atoms with Crippen LogP contribution in [-0.2, 0) is 53.7 Å². The quantitative estimate of drug-likeness (QED) is 0.569. The van der Waals surface area contributed by atoms with Crippen LogP contribution < -0.4 is 0 Å². The molecule has 8 heterocycles. The number of hydrogen-bond donors (Lipinski definition) is 0. The van der Waals surface area contributed by atoms with E-state index >= 15 is 0 Å². The Labute approximate surface area is 118 Å². The van der Waals surface area contributed by atoms with Crippen LogP contribution in [0.2, 0.25) is 0 Å². The van der Waals surface area contributed by atoms with Crippen molar-refractivity contribution in [3.8, 4) is 0 Å². The Hall–Kier alpha value is 0.920. The molecule has 8 rings (SSSR count). The van der Waals surface area contributed by atoms with Crippen molar-refractivity contribution in [2.24, 2.45) is 5.41 Å². The summed E-state index contributed by atoms with van der Waals surface area (Å²) in [6, 6.07) is 0. The molecule has 0 aromatic carbocycles. The van der Waals surface area contributed by atoms with Gasteiger partial charge in [-0.05, 0) is 0 Å². The third-order valence-electron chi connectivity index (χ3n) is 3.76. The monoisotopic (exact) mass is 382 g/mol. The summed E-state index contributed by atoms with van der Waals surface area (Å²) in [6.07, 6.45) is -1.20. The van der Waals surface area contributed by atoms with E-state index in [1.807, 2.05) is 0 Å². The molecule has 3 spiro atoms. The van der Waals surface area contributed by atoms with Gasteiger partial charge < -0.3 is 0 Å². The Kier molecular flexibility index (Phi) is 2.02. The minimum absolute atomic E-state index is 0.0113. The Morgan fingerprint density at radius 2 is 1.71 bits per heavy atom. The van der Waals surface area contributed by atoms with Gasteiger partial charge >= 0.3 is 117 Å². The summed E-state index contributed by atoms with van der Waals surface area (Å²) >= 11 is 0. The Morgan fingerprint density at radius 3 is 2.43 bits per heavy atom. The van der Waals surface area contributed by atoms with Crippen molar-refractivity contribution < 1.29 is 53.7 Å². The average Bonchev–Trinajstić information content (AvgIpc) is 2.33. The minimum atomic E-state index is -4.71. The number of hydrogen-bond acceptors (Lipinski definition) is 12. The van der Waals surface area contributed by atoms with E-state index in [9.17, 15) is 9.13 Å². The standard InChI is InChI=1S/C5H6O12P4/c6-19-10-3-4(1-8-18-9-2-4)5-12-20(7,13-5)17-21(11-3,14-5,15-19)16-19/h3,18H,1-2H2. The Morgan fingerprint density at radius 1 is 1.05 bits per heavy atom. The maximum atomic E-state index is 12.2. The van der Waals surface area contributed by atoms with Crippen molar-refractivity contribution in [1.82, 2.24) is 0 Å². The van der Waals surface area contributed by atoms with Crippen molar-refractivity contribution in [3.05, 3.63) is 0 Å². The molecule has 21 heavy (non-hydrogen) atoms. The van der Waals surface area contributed by atoms with Gasteiger partial charge in [0.05, 0.1) is 0 Å². The second-order valence-electron chi connectivity index (χ2n) is 5.07. The van der Waals surface area contributed by atoms with E-state index in [4.69, 9.17) is 44.6 Å². The van der Waals surface area contributed by atoms with Gasteiger partial charge in [0.2, 0.25) is 0 Å². The first-order valence-electron chi connectivity index (χ1n) is 5.69. The topological polar surface area (TPSA) is 126 Å². The van der Waals surface area contributed by atoms with Gasteiger partial charge in [-0.1, -0.05) is 0 Å². The fourth-order valence-corrected chi connectivity index (χ4v) is 12.7. The molecule has 118 valence electrons. The van der Waals surface area contributed by atoms with E-state index in [-0.39, 0.29) is 22.2 Å². The van der Waals surface area contributed by atoms with E-state index in [0.29, 0.717) is 0 Å². The van der Waals surface area contributed by atoms with Crippen molar-refractivity contribution in [3.63, 3.8) is 0 Å². The fourth-order valence-electron chi connectivity index (χ4n) is 2.88. The van der Waals surface area contributed by atoms with Crippen LogP contribution in [0.5, 0.6) is 0 Å². The molecule has 8 fully saturated rings. The predicted octanol–water partition coefficient (Wildman–Crippen LogP) is 2.05. The molecule has 8 saturated heterocycles. The van der Waals surface area contributed by atoms with Crippen LogP contribution in [-0.4, -0.2) is 25.5 Å². The van der Waals surface area contributed by atoms with Crippen molar-refractivity contribution in [2.45, 2.75) is 12.3 Å². The molecular formula is C5H6O12P4. The maximum absolute atomic E-state index is 12.2. The van der Waals surface area contributed by atoms with Crippen LogP contribution in [0.4, 0.5) is 0 Å². The zero-order valence-electron chi connectivity index (χ0n) is 9.73. The van der Waals surface area contributed by atoms with Gasteiger partial charge in [-0.25, -0.2) is 0 Å². The van der Waals surface area contributed by atoms with E-state index < -0.39 is 41.1 Å². The summed E-state index contributed by atoms with van der Waals surface area (Å²) in [5.41, 5.74) is -1.29. The van der Waals surface area contributed by atoms with Gasteiger partial charge in [0.25, 0.3) is 0 Å². The van der Waals surface area contributed by atoms with Crippen molar-refractivity contribution in [2.75, 3.05) is 13.2 Å². The SMILES string of the molecule is O=P12OC3(O1)OP14(OC(OP(=O)(O1)O4)C31COPOC1)O2. The number of phosphoric ester groups is 1. The Bertz CT molecular complexity index is 663. The molecular weight excluding hydrogens is 376 g/mol. The average molecular weight is 382 g/mol. The first-order chi connectivity index (χ1) is 9.83. The van der Waals surface area contributed by atoms with Gasteiger partial charge in [0.15, 0.2) is 0 Å². The molecule has 8 aliphatic rings. The van der Waals surface area contributed by atoms with Crippen LogP contribution in [0, 0.1) is 5.41 Å². The van der Waals surface area contributed by atoms with Gasteiger partial charge in [-0.15, -0.1) is 0 Å². The molecule has 0 N–H and O–H groups in total. The molecule has 0 aromatic heterocycles. The van der Waals surface area contributed by atoms with E-state index in [2.05, 4.69) is 0 Å². The molecule has 0 radical (unpaired) electrons. The third kappa shape index (κ3) is 1.27. The van der Waals surface area contributed by atoms with Gasteiger partial charge in [0.1, 0.15) is 0 Å². The predicted molar refractivity (Wildman–Crippen MR) is 60.0 cm³/mol. The number of phosphoric acid groups is 2. The second-order valence-corrected chi connectivity index (χ2v) is 12.0. The van der Waals surface area contributed by atoms with Crippen LogP contribution in [0.1, 0.15) is 0 Å². The molecule has 0 saturated carbocycles. The van der Waals surface area contributed by atoms with E-state index in [0.717, 1.165) is 0 Å². The molecule has 0 amide bonds. The zero-order chi connectivity index (χ0) is 14.2. The molecule has 8 aliphatic heterocycles. The molecule has 0 aliphatic carbocycles. The van der Waals surface area contributed by atoms with Crippen LogP contribution in [0.3, 0.4) is 0 Å². The fraction of sp³-hybridized carbons (Fsp3) is 1.00. The van der Waals surface area contributed by atoms with Gasteiger partial charge in [-0.3, -0.25) is 0 Å². The van der Waals surface area contributed by atoms with Crippen molar-refractivity contribution >= 4 is 32.4 Å². The summed E-state index contributed by atoms with van der Waals surface area (Å²) in [5, 5.41) is 0. The van der Waals surface area contributed by atoms with Gasteiger partial charge in [0, 0.05) is 0 Å². The van der Waals surface area contributed by atoms with Gasteiger partial charge in [-0.2, -0.15) is 0 Å². The first kappa shape index (κ1) is 13.2. The normalized spacial score (nSPS) is 67.4. The molecule has 5 bridgehead atoms. The molecule has 16 heteroatoms. The summed E-state index contributed by atoms with van der Waals surface area (Å²) in [6.45, 7) is -0.0226. The van der Waals surface area contributed by atoms with Crippen LogP contribution in [0.15, 0.2) is 0 Å². The van der Waals surface area contributed by atoms with Crippen molar-refractivity contribution in [1.29, 1.82) is 0 Å². The third-order valence-corrected chi connectivity index (χ3v) is 12.3. The summed E-state index contributed by atoms with van der Waals surface area (Å²) in [5.74, 6) is -1.88. The van der Waals surface area contributed by atoms with E-state index in [1.54, 1.807) is 0 Å². The summed E-state index contributed by atoms with van der Waals surface area (Å²) < 4.78 is 76.7. The van der Waals surface area contributed by atoms with E-state index in [1.165, 1.54) is 0 Å². The van der Waals surface area contributed by atoms with Crippen LogP contribution in [0.25, 0.3) is 0 Å². The summed E-state index contributed by atoms with van der Waals surface area (Å²) in [4.78, 5) is 0. The Balaban J connectivity index is 1.58. The van der Waals surface area contributed by atoms with Crippen LogP contribution >= 0.6 is 32.4 Å². The summed E-state index contributed by atoms with van der Waals surface area (Å²) in [7, 11) is -12.8. The first-order valence-corrected chi connectivity index (χ1v) is 11.3.